The summed E-state index contributed by atoms with van der Waals surface area (Å²) in [6.45, 7) is 10.3. The molecule has 0 N–H and O–H groups in total. The van der Waals surface area contributed by atoms with Gasteiger partial charge in [-0.25, -0.2) is 4.68 Å². The summed E-state index contributed by atoms with van der Waals surface area (Å²) in [5.74, 6) is 0.830. The molecule has 0 saturated heterocycles. The lowest BCUT2D eigenvalue weighted by Gasteiger charge is -2.23. The molecule has 0 atom stereocenters. The second kappa shape index (κ2) is 7.59. The maximum absolute atomic E-state index is 5.94. The summed E-state index contributed by atoms with van der Waals surface area (Å²) < 4.78 is 7.49. The van der Waals surface area contributed by atoms with Gasteiger partial charge >= 0.3 is 0 Å². The molecule has 0 aliphatic carbocycles. The van der Waals surface area contributed by atoms with E-state index in [0.717, 1.165) is 30.1 Å². The Kier molecular flexibility index (Phi) is 5.52. The molecule has 2 rings (SSSR count). The zero-order valence-corrected chi connectivity index (χ0v) is 13.6. The van der Waals surface area contributed by atoms with Crippen molar-refractivity contribution >= 4 is 11.9 Å². The lowest BCUT2D eigenvalue weighted by molar-refractivity contribution is 0.242. The van der Waals surface area contributed by atoms with Gasteiger partial charge in [0.25, 0.3) is 0 Å². The third-order valence-electron chi connectivity index (χ3n) is 3.23. The minimum atomic E-state index is 0.106. The second-order valence-electron chi connectivity index (χ2n) is 5.15. The fourth-order valence-corrected chi connectivity index (χ4v) is 2.15. The largest absolute Gasteiger partial charge is 0.490 e. The van der Waals surface area contributed by atoms with Crippen LogP contribution in [0.5, 0.6) is 5.75 Å². The molecule has 0 bridgehead atoms. The molecule has 0 unspecified atom stereocenters. The molecule has 2 aromatic rings. The molecule has 1 heterocycles. The minimum absolute atomic E-state index is 0.106. The van der Waals surface area contributed by atoms with E-state index in [1.807, 2.05) is 19.9 Å². The molecular weight excluding hydrogens is 278 g/mol. The first-order valence-corrected chi connectivity index (χ1v) is 7.58. The van der Waals surface area contributed by atoms with Crippen LogP contribution in [0.25, 0.3) is 0 Å². The Bertz CT molecular complexity index is 603. The van der Waals surface area contributed by atoms with Crippen LogP contribution in [0.3, 0.4) is 0 Å². The van der Waals surface area contributed by atoms with E-state index in [1.165, 1.54) is 0 Å². The highest BCUT2D eigenvalue weighted by Gasteiger charge is 2.09. The van der Waals surface area contributed by atoms with Crippen molar-refractivity contribution in [2.45, 2.75) is 33.8 Å². The fourth-order valence-electron chi connectivity index (χ4n) is 2.15. The van der Waals surface area contributed by atoms with Crippen molar-refractivity contribution in [3.05, 3.63) is 36.4 Å². The summed E-state index contributed by atoms with van der Waals surface area (Å²) in [4.78, 5) is 2.29. The molecule has 1 aromatic carbocycles. The Labute approximate surface area is 131 Å². The Hall–Kier alpha value is -2.37. The first-order valence-electron chi connectivity index (χ1n) is 7.58. The number of aromatic nitrogens is 3. The van der Waals surface area contributed by atoms with E-state index in [1.54, 1.807) is 23.5 Å². The number of anilines is 1. The van der Waals surface area contributed by atoms with Crippen LogP contribution in [0.4, 0.5) is 5.69 Å². The van der Waals surface area contributed by atoms with Crippen LogP contribution in [0, 0.1) is 0 Å². The Morgan fingerprint density at radius 3 is 2.50 bits per heavy atom. The molecule has 22 heavy (non-hydrogen) atoms. The van der Waals surface area contributed by atoms with Gasteiger partial charge < -0.3 is 9.64 Å². The smallest absolute Gasteiger partial charge is 0.141 e. The third-order valence-corrected chi connectivity index (χ3v) is 3.23. The summed E-state index contributed by atoms with van der Waals surface area (Å²) in [5.41, 5.74) is 2.08. The number of ether oxygens (including phenoxy) is 1. The summed E-state index contributed by atoms with van der Waals surface area (Å²) in [7, 11) is 0. The van der Waals surface area contributed by atoms with Crippen LogP contribution in [-0.2, 0) is 0 Å². The highest BCUT2D eigenvalue weighted by Crippen LogP contribution is 2.26. The number of nitrogens with zero attached hydrogens (tertiary/aromatic N) is 5. The van der Waals surface area contributed by atoms with Gasteiger partial charge in [0.1, 0.15) is 18.4 Å². The molecule has 1 aromatic heterocycles. The van der Waals surface area contributed by atoms with E-state index in [9.17, 15) is 0 Å². The van der Waals surface area contributed by atoms with Crippen LogP contribution in [0.15, 0.2) is 36.0 Å². The van der Waals surface area contributed by atoms with Crippen LogP contribution >= 0.6 is 0 Å². The minimum Gasteiger partial charge on any atom is -0.490 e. The third kappa shape index (κ3) is 4.07. The maximum atomic E-state index is 5.94. The van der Waals surface area contributed by atoms with Crippen molar-refractivity contribution in [2.75, 3.05) is 18.0 Å². The van der Waals surface area contributed by atoms with Gasteiger partial charge in [-0.1, -0.05) is 0 Å². The van der Waals surface area contributed by atoms with Gasteiger partial charge in [0.2, 0.25) is 0 Å². The molecule has 6 nitrogen and oxygen atoms in total. The number of benzene rings is 1. The predicted octanol–water partition coefficient (Wildman–Crippen LogP) is 2.79. The molecule has 0 radical (unpaired) electrons. The monoisotopic (exact) mass is 301 g/mol. The zero-order valence-electron chi connectivity index (χ0n) is 13.6. The van der Waals surface area contributed by atoms with Gasteiger partial charge in [0, 0.05) is 30.4 Å². The predicted molar refractivity (Wildman–Crippen MR) is 88.8 cm³/mol. The summed E-state index contributed by atoms with van der Waals surface area (Å²) in [5, 5.41) is 11.7. The van der Waals surface area contributed by atoms with Gasteiger partial charge in [-0.2, -0.15) is 5.10 Å². The summed E-state index contributed by atoms with van der Waals surface area (Å²) >= 11 is 0. The Morgan fingerprint density at radius 2 is 1.91 bits per heavy atom. The van der Waals surface area contributed by atoms with Crippen molar-refractivity contribution in [3.63, 3.8) is 0 Å². The topological polar surface area (TPSA) is 55.5 Å². The fraction of sp³-hybridized carbons (Fsp3) is 0.438. The van der Waals surface area contributed by atoms with Crippen LogP contribution < -0.4 is 9.64 Å². The number of hydrogen-bond donors (Lipinski definition) is 0. The molecule has 0 fully saturated rings. The van der Waals surface area contributed by atoms with Crippen molar-refractivity contribution in [3.8, 4) is 5.75 Å². The van der Waals surface area contributed by atoms with Gasteiger partial charge in [-0.05, 0) is 39.8 Å². The Morgan fingerprint density at radius 1 is 1.23 bits per heavy atom. The molecule has 118 valence electrons. The average molecular weight is 301 g/mol. The highest BCUT2D eigenvalue weighted by atomic mass is 16.5. The second-order valence-corrected chi connectivity index (χ2v) is 5.15. The SMILES string of the molecule is CCN(CC)c1ccc(/C=N/n2cnnc2)c(OC(C)C)c1. The van der Waals surface area contributed by atoms with Crippen molar-refractivity contribution in [2.24, 2.45) is 5.10 Å². The van der Waals surface area contributed by atoms with E-state index < -0.39 is 0 Å². The standard InChI is InChI=1S/C16H23N5O/c1-5-20(6-2)15-8-7-14(16(9-15)22-13(3)4)10-19-21-11-17-18-12-21/h7-13H,5-6H2,1-4H3/b19-10+. The van der Waals surface area contributed by atoms with E-state index >= 15 is 0 Å². The number of rotatable bonds is 7. The number of hydrogen-bond acceptors (Lipinski definition) is 5. The molecule has 0 spiro atoms. The molecule has 6 heteroatoms. The van der Waals surface area contributed by atoms with Gasteiger partial charge in [-0.15, -0.1) is 10.2 Å². The van der Waals surface area contributed by atoms with E-state index in [-0.39, 0.29) is 6.10 Å². The summed E-state index contributed by atoms with van der Waals surface area (Å²) in [6, 6.07) is 6.19. The van der Waals surface area contributed by atoms with Crippen LogP contribution in [0.1, 0.15) is 33.3 Å². The quantitative estimate of drug-likeness (QED) is 0.738. The first kappa shape index (κ1) is 16.0. The molecule has 0 aliphatic rings. The average Bonchev–Trinajstić information content (AvgIpc) is 3.00. The lowest BCUT2D eigenvalue weighted by atomic mass is 10.1. The van der Waals surface area contributed by atoms with E-state index in [4.69, 9.17) is 4.74 Å². The Balaban J connectivity index is 2.31. The maximum Gasteiger partial charge on any atom is 0.141 e. The zero-order chi connectivity index (χ0) is 15.9. The van der Waals surface area contributed by atoms with E-state index in [2.05, 4.69) is 46.2 Å². The lowest BCUT2D eigenvalue weighted by Crippen LogP contribution is -2.22. The van der Waals surface area contributed by atoms with Crippen molar-refractivity contribution in [1.82, 2.24) is 14.9 Å². The van der Waals surface area contributed by atoms with Gasteiger partial charge in [-0.3, -0.25) is 0 Å². The van der Waals surface area contributed by atoms with Gasteiger partial charge in [0.05, 0.1) is 12.3 Å². The summed E-state index contributed by atoms with van der Waals surface area (Å²) in [6.07, 6.45) is 4.95. The molecule has 0 aliphatic heterocycles. The normalized spacial score (nSPS) is 11.3. The highest BCUT2D eigenvalue weighted by molar-refractivity contribution is 5.84. The van der Waals surface area contributed by atoms with Gasteiger partial charge in [0.15, 0.2) is 0 Å². The molecule has 0 amide bonds. The molecule has 0 saturated carbocycles. The first-order chi connectivity index (χ1) is 10.6. The van der Waals surface area contributed by atoms with Crippen LogP contribution in [0.2, 0.25) is 0 Å². The van der Waals surface area contributed by atoms with E-state index in [0.29, 0.717) is 0 Å². The molecular formula is C16H23N5O. The van der Waals surface area contributed by atoms with Crippen molar-refractivity contribution < 1.29 is 4.74 Å². The van der Waals surface area contributed by atoms with Crippen molar-refractivity contribution in [1.29, 1.82) is 0 Å². The van der Waals surface area contributed by atoms with Crippen LogP contribution in [-0.4, -0.2) is 40.3 Å².